The first kappa shape index (κ1) is 58.3. The van der Waals surface area contributed by atoms with Crippen LogP contribution in [0.15, 0.2) is 48.6 Å². The Morgan fingerprint density at radius 2 is 0.700 bits per heavy atom. The molecule has 0 radical (unpaired) electrons. The molecule has 0 rings (SSSR count). The van der Waals surface area contributed by atoms with Gasteiger partial charge in [-0.3, -0.25) is 4.79 Å². The number of rotatable bonds is 47. The summed E-state index contributed by atoms with van der Waals surface area (Å²) < 4.78 is 0. The lowest BCUT2D eigenvalue weighted by Gasteiger charge is -2.27. The number of aliphatic hydroxyl groups excluding tert-OH is 4. The van der Waals surface area contributed by atoms with Crippen LogP contribution in [0.4, 0.5) is 0 Å². The van der Waals surface area contributed by atoms with E-state index in [-0.39, 0.29) is 0 Å². The van der Waals surface area contributed by atoms with Crippen molar-refractivity contribution in [3.63, 3.8) is 0 Å². The third kappa shape index (κ3) is 41.6. The molecule has 4 unspecified atom stereocenters. The van der Waals surface area contributed by atoms with E-state index in [2.05, 4.69) is 67.8 Å². The Bertz CT molecular complexity index is 993. The van der Waals surface area contributed by atoms with E-state index in [0.29, 0.717) is 19.3 Å². The summed E-state index contributed by atoms with van der Waals surface area (Å²) in [5.41, 5.74) is 0. The molecule has 6 nitrogen and oxygen atoms in total. The first-order valence-corrected chi connectivity index (χ1v) is 26.0. The summed E-state index contributed by atoms with van der Waals surface area (Å²) in [6.07, 6.45) is 60.3. The topological polar surface area (TPSA) is 110 Å². The maximum absolute atomic E-state index is 12.5. The lowest BCUT2D eigenvalue weighted by molar-refractivity contribution is -0.132. The molecule has 6 heteroatoms. The third-order valence-corrected chi connectivity index (χ3v) is 12.0. The predicted molar refractivity (Wildman–Crippen MR) is 260 cm³/mol. The van der Waals surface area contributed by atoms with Crippen LogP contribution in [0.5, 0.6) is 0 Å². The van der Waals surface area contributed by atoms with Gasteiger partial charge in [0.05, 0.1) is 18.8 Å². The maximum atomic E-state index is 12.5. The van der Waals surface area contributed by atoms with Crippen LogP contribution in [0.2, 0.25) is 0 Å². The van der Waals surface area contributed by atoms with Crippen molar-refractivity contribution in [1.82, 2.24) is 5.32 Å². The molecular formula is C54H101NO5. The number of allylic oxidation sites excluding steroid dienone is 8. The van der Waals surface area contributed by atoms with E-state index < -0.39 is 36.9 Å². The molecule has 1 amide bonds. The number of carbonyl (C=O) groups excluding carboxylic acids is 1. The van der Waals surface area contributed by atoms with Crippen LogP contribution in [0.1, 0.15) is 258 Å². The molecule has 0 fully saturated rings. The lowest BCUT2D eigenvalue weighted by atomic mass is 10.00. The molecule has 0 aromatic rings. The van der Waals surface area contributed by atoms with Gasteiger partial charge < -0.3 is 25.7 Å². The Hall–Kier alpha value is -1.73. The van der Waals surface area contributed by atoms with Crippen molar-refractivity contribution in [2.24, 2.45) is 0 Å². The van der Waals surface area contributed by atoms with Gasteiger partial charge in [-0.1, -0.05) is 217 Å². The van der Waals surface area contributed by atoms with Crippen molar-refractivity contribution in [3.8, 4) is 0 Å². The molecule has 60 heavy (non-hydrogen) atoms. The molecule has 0 saturated carbocycles. The highest BCUT2D eigenvalue weighted by molar-refractivity contribution is 5.80. The molecule has 0 aliphatic heterocycles. The van der Waals surface area contributed by atoms with Gasteiger partial charge in [-0.2, -0.15) is 0 Å². The number of amides is 1. The fourth-order valence-corrected chi connectivity index (χ4v) is 7.84. The van der Waals surface area contributed by atoms with Crippen LogP contribution in [0, 0.1) is 0 Å². The average molecular weight is 844 g/mol. The quantitative estimate of drug-likeness (QED) is 0.0310. The van der Waals surface area contributed by atoms with E-state index in [4.69, 9.17) is 0 Å². The number of nitrogens with one attached hydrogen (secondary N) is 1. The molecule has 0 aliphatic rings. The van der Waals surface area contributed by atoms with Gasteiger partial charge in [0, 0.05) is 0 Å². The number of hydrogen-bond acceptors (Lipinski definition) is 5. The molecule has 0 bridgehead atoms. The first-order chi connectivity index (χ1) is 29.5. The largest absolute Gasteiger partial charge is 0.394 e. The van der Waals surface area contributed by atoms with Crippen molar-refractivity contribution in [2.75, 3.05) is 6.61 Å². The minimum Gasteiger partial charge on any atom is -0.394 e. The van der Waals surface area contributed by atoms with Crippen molar-refractivity contribution < 1.29 is 25.2 Å². The Kier molecular flexibility index (Phi) is 46.9. The van der Waals surface area contributed by atoms with Gasteiger partial charge in [0.25, 0.3) is 0 Å². The summed E-state index contributed by atoms with van der Waals surface area (Å²) in [6.45, 7) is 4.03. The van der Waals surface area contributed by atoms with E-state index in [1.54, 1.807) is 0 Å². The van der Waals surface area contributed by atoms with Crippen LogP contribution in [-0.2, 0) is 4.79 Å². The van der Waals surface area contributed by atoms with Crippen LogP contribution in [-0.4, -0.2) is 57.3 Å². The summed E-state index contributed by atoms with van der Waals surface area (Å²) in [5.74, 6) is -0.605. The molecule has 0 spiro atoms. The Balaban J connectivity index is 3.72. The molecule has 0 aliphatic carbocycles. The molecular weight excluding hydrogens is 743 g/mol. The first-order valence-electron chi connectivity index (χ1n) is 26.0. The molecule has 0 heterocycles. The molecule has 4 atom stereocenters. The normalized spacial score (nSPS) is 14.3. The summed E-state index contributed by atoms with van der Waals surface area (Å²) in [6, 6.07) is -1.01. The van der Waals surface area contributed by atoms with Gasteiger partial charge in [0.2, 0.25) is 5.91 Å². The number of carbonyl (C=O) groups is 1. The minimum absolute atomic E-state index is 0.350. The summed E-state index contributed by atoms with van der Waals surface area (Å²) in [4.78, 5) is 12.5. The number of hydrogen-bond donors (Lipinski definition) is 5. The van der Waals surface area contributed by atoms with Crippen LogP contribution < -0.4 is 5.32 Å². The van der Waals surface area contributed by atoms with Crippen LogP contribution in [0.3, 0.4) is 0 Å². The zero-order valence-corrected chi connectivity index (χ0v) is 39.7. The van der Waals surface area contributed by atoms with Crippen molar-refractivity contribution in [2.45, 2.75) is 282 Å². The van der Waals surface area contributed by atoms with E-state index in [9.17, 15) is 25.2 Å². The highest BCUT2D eigenvalue weighted by Gasteiger charge is 2.28. The van der Waals surface area contributed by atoms with E-state index in [0.717, 1.165) is 64.2 Å². The molecule has 0 aromatic heterocycles. The van der Waals surface area contributed by atoms with Gasteiger partial charge in [-0.15, -0.1) is 0 Å². The molecule has 352 valence electrons. The average Bonchev–Trinajstić information content (AvgIpc) is 3.25. The second kappa shape index (κ2) is 48.3. The van der Waals surface area contributed by atoms with E-state index >= 15 is 0 Å². The number of aliphatic hydroxyl groups is 4. The van der Waals surface area contributed by atoms with Crippen LogP contribution in [0.25, 0.3) is 0 Å². The van der Waals surface area contributed by atoms with Crippen molar-refractivity contribution in [3.05, 3.63) is 48.6 Å². The second-order valence-electron chi connectivity index (χ2n) is 17.8. The van der Waals surface area contributed by atoms with Crippen LogP contribution >= 0.6 is 0 Å². The molecule has 0 saturated heterocycles. The van der Waals surface area contributed by atoms with E-state index in [1.807, 2.05) is 0 Å². The van der Waals surface area contributed by atoms with Crippen molar-refractivity contribution >= 4 is 5.91 Å². The van der Waals surface area contributed by atoms with Gasteiger partial charge in [0.15, 0.2) is 0 Å². The lowest BCUT2D eigenvalue weighted by Crippen LogP contribution is -2.53. The summed E-state index contributed by atoms with van der Waals surface area (Å²) in [7, 11) is 0. The molecule has 5 N–H and O–H groups in total. The van der Waals surface area contributed by atoms with E-state index in [1.165, 1.54) is 161 Å². The smallest absolute Gasteiger partial charge is 0.249 e. The fraction of sp³-hybridized carbons (Fsp3) is 0.833. The Morgan fingerprint density at radius 3 is 1.07 bits per heavy atom. The predicted octanol–water partition coefficient (Wildman–Crippen LogP) is 14.6. The number of unbranched alkanes of at least 4 members (excludes halogenated alkanes) is 30. The zero-order chi connectivity index (χ0) is 43.8. The highest BCUT2D eigenvalue weighted by atomic mass is 16.3. The second-order valence-corrected chi connectivity index (χ2v) is 17.8. The molecule has 0 aromatic carbocycles. The highest BCUT2D eigenvalue weighted by Crippen LogP contribution is 2.16. The summed E-state index contributed by atoms with van der Waals surface area (Å²) >= 11 is 0. The standard InChI is InChI=1S/C54H101NO5/c1-3-5-7-9-11-13-15-17-19-20-21-22-23-24-25-26-27-28-29-30-31-32-33-34-36-37-39-41-43-45-47-51(57)53(59)50(49-56)55-54(60)52(58)48-46-44-42-40-38-35-18-16-14-12-10-8-6-4-2/h14,16,29-30,33-34,39,41,50-53,56-59H,3-13,15,17-28,31-32,35-38,40,42-49H2,1-2H3,(H,55,60)/b16-14-,30-29+,34-33+,41-39+. The van der Waals surface area contributed by atoms with Gasteiger partial charge in [-0.25, -0.2) is 0 Å². The fourth-order valence-electron chi connectivity index (χ4n) is 7.84. The monoisotopic (exact) mass is 844 g/mol. The van der Waals surface area contributed by atoms with Gasteiger partial charge >= 0.3 is 0 Å². The maximum Gasteiger partial charge on any atom is 0.249 e. The van der Waals surface area contributed by atoms with Gasteiger partial charge in [-0.05, 0) is 89.9 Å². The SMILES string of the molecule is CCCCCC/C=C\CCCCCCCCC(O)C(=O)NC(CO)C(O)C(O)CCC/C=C/CC/C=C/CC/C=C/CCCCCCCCCCCCCCCCCCC. The Labute approximate surface area is 372 Å². The summed E-state index contributed by atoms with van der Waals surface area (Å²) in [5, 5.41) is 43.7. The zero-order valence-electron chi connectivity index (χ0n) is 39.7. The Morgan fingerprint density at radius 1 is 0.400 bits per heavy atom. The van der Waals surface area contributed by atoms with Gasteiger partial charge in [0.1, 0.15) is 12.2 Å². The third-order valence-electron chi connectivity index (χ3n) is 12.0. The van der Waals surface area contributed by atoms with Crippen molar-refractivity contribution in [1.29, 1.82) is 0 Å². The minimum atomic E-state index is -1.30.